The van der Waals surface area contributed by atoms with E-state index in [-0.39, 0.29) is 161 Å². The number of carbonyl (C=O) groups is 12. The molecule has 0 aromatic heterocycles. The summed E-state index contributed by atoms with van der Waals surface area (Å²) in [6.07, 6.45) is -2.17. The Bertz CT molecular complexity index is 2430. The summed E-state index contributed by atoms with van der Waals surface area (Å²) in [4.78, 5) is 161. The highest BCUT2D eigenvalue weighted by atomic mass is 32.2. The molecule has 8 amide bonds. The van der Waals surface area contributed by atoms with Gasteiger partial charge < -0.3 is 68.5 Å². The molecule has 3 heterocycles. The first kappa shape index (κ1) is 68.9. The third kappa shape index (κ3) is 26.3. The molecule has 0 spiro atoms. The molecule has 33 heteroatoms. The highest BCUT2D eigenvalue weighted by molar-refractivity contribution is 8.01. The molecule has 0 radical (unpaired) electrons. The Labute approximate surface area is 488 Å². The molecule has 16 N–H and O–H groups in total. The number of likely N-dealkylation sites (tertiary alicyclic amines) is 1. The molecule has 6 atom stereocenters. The fourth-order valence-electron chi connectivity index (χ4n) is 9.29. The number of imide groups is 1. The van der Waals surface area contributed by atoms with E-state index in [2.05, 4.69) is 42.5 Å². The van der Waals surface area contributed by atoms with Gasteiger partial charge in [0.2, 0.25) is 47.3 Å². The molecular weight excluding hydrogens is 1130 g/mol. The van der Waals surface area contributed by atoms with Crippen molar-refractivity contribution in [1.82, 2.24) is 67.0 Å². The third-order valence-electron chi connectivity index (χ3n) is 13.7. The van der Waals surface area contributed by atoms with E-state index in [0.717, 1.165) is 16.7 Å². The second-order valence-corrected chi connectivity index (χ2v) is 21.5. The van der Waals surface area contributed by atoms with E-state index < -0.39 is 120 Å². The van der Waals surface area contributed by atoms with E-state index >= 15 is 0 Å². The van der Waals surface area contributed by atoms with Crippen LogP contribution in [0.5, 0.6) is 0 Å². The lowest BCUT2D eigenvalue weighted by Gasteiger charge is -2.32. The Morgan fingerprint density at radius 1 is 0.619 bits per heavy atom. The van der Waals surface area contributed by atoms with Crippen molar-refractivity contribution in [2.24, 2.45) is 5.73 Å². The summed E-state index contributed by atoms with van der Waals surface area (Å²) in [6, 6.07) is 3.25. The van der Waals surface area contributed by atoms with Gasteiger partial charge in [0.05, 0.1) is 62.2 Å². The molecular formula is C51H79N15O17S. The van der Waals surface area contributed by atoms with E-state index in [0.29, 0.717) is 5.56 Å². The first-order valence-corrected chi connectivity index (χ1v) is 28.5. The molecule has 3 aliphatic heterocycles. The van der Waals surface area contributed by atoms with Gasteiger partial charge in [-0.2, -0.15) is 0 Å². The Kier molecular flexibility index (Phi) is 29.7. The van der Waals surface area contributed by atoms with Crippen LogP contribution < -0.4 is 48.3 Å². The molecule has 466 valence electrons. The Morgan fingerprint density at radius 3 is 1.68 bits per heavy atom. The topological polar surface area (TPSA) is 468 Å². The number of hydrogen-bond donors (Lipinski definition) is 15. The van der Waals surface area contributed by atoms with Gasteiger partial charge in [0.1, 0.15) is 18.3 Å². The van der Waals surface area contributed by atoms with Crippen molar-refractivity contribution >= 4 is 88.9 Å². The number of nitrogens with two attached hydrogens (primary N) is 1. The zero-order valence-electron chi connectivity index (χ0n) is 46.6. The molecule has 4 rings (SSSR count). The van der Waals surface area contributed by atoms with Crippen LogP contribution in [0, 0.1) is 5.41 Å². The van der Waals surface area contributed by atoms with E-state index in [9.17, 15) is 83.1 Å². The minimum atomic E-state index is -1.80. The summed E-state index contributed by atoms with van der Waals surface area (Å²) < 4.78 is 0. The molecule has 0 saturated carbocycles. The molecule has 2 unspecified atom stereocenters. The highest BCUT2D eigenvalue weighted by Gasteiger charge is 2.39. The molecule has 32 nitrogen and oxygen atoms in total. The molecule has 1 aromatic carbocycles. The zero-order valence-corrected chi connectivity index (χ0v) is 47.4. The lowest BCUT2D eigenvalue weighted by Crippen LogP contribution is -2.59. The van der Waals surface area contributed by atoms with Crippen LogP contribution in [-0.2, 0) is 64.0 Å². The SMILES string of the molecule is N=C(N)NCCC[C@@H]1NC(=O)[C@@H](CCCCNC(=O)CSC2CC(=O)N(CCNC(=O)CN3CCN(CC(=O)O)CCN(CC(=O)O)CCN(CC(=O)O)CC3)C2=O)NC(=O)[C@H](Cc2ccccc2)NC(O)[C@H](CC(=O)O)NC(=O)CNC1=O. The van der Waals surface area contributed by atoms with Gasteiger partial charge in [-0.15, -0.1) is 11.8 Å². The first-order valence-electron chi connectivity index (χ1n) is 27.5. The zero-order chi connectivity index (χ0) is 61.7. The standard InChI is InChI=1S/C51H79N15O17S/c52-51(53)56-12-6-10-33-46(79)57-26-38(67)58-36(24-42(71)72)49(82)61-35(23-32-7-2-1-3-8-32)48(81)60-34(47(80)59-33)9-4-5-11-54-40(69)31-84-37-25-41(70)66(50(37)83)14-13-55-39(68)27-62-15-17-63(28-43(73)74)19-21-65(30-45(77)78)22-20-64(18-16-62)29-44(75)76/h1-3,7-8,33-37,49,61,82H,4-6,9-31H2,(H,54,69)(H,55,68)(H,57,79)(H,58,67)(H,59,80)(H,60,81)(H,71,72)(H,73,74)(H,75,76)(H,77,78)(H4,52,53,56)/t33-,34+,35-,36-,37?,49?/m0/s1. The predicted octanol–water partition coefficient (Wildman–Crippen LogP) is -6.43. The number of aliphatic hydroxyl groups is 1. The minimum absolute atomic E-state index is 0.0125. The van der Waals surface area contributed by atoms with Crippen molar-refractivity contribution in [2.75, 3.05) is 117 Å². The number of unbranched alkanes of at least 4 members (excludes halogenated alkanes) is 1. The summed E-state index contributed by atoms with van der Waals surface area (Å²) in [7, 11) is 0. The van der Waals surface area contributed by atoms with E-state index in [1.54, 1.807) is 49.9 Å². The van der Waals surface area contributed by atoms with Crippen LogP contribution in [0.3, 0.4) is 0 Å². The molecule has 0 aliphatic carbocycles. The molecule has 3 aliphatic rings. The highest BCUT2D eigenvalue weighted by Crippen LogP contribution is 2.25. The predicted molar refractivity (Wildman–Crippen MR) is 299 cm³/mol. The van der Waals surface area contributed by atoms with Crippen molar-refractivity contribution in [2.45, 2.75) is 87.0 Å². The quantitative estimate of drug-likeness (QED) is 0.0169. The van der Waals surface area contributed by atoms with Gasteiger partial charge >= 0.3 is 23.9 Å². The summed E-state index contributed by atoms with van der Waals surface area (Å²) in [5, 5.41) is 76.6. The van der Waals surface area contributed by atoms with E-state index in [1.165, 1.54) is 0 Å². The third-order valence-corrected chi connectivity index (χ3v) is 14.9. The lowest BCUT2D eigenvalue weighted by atomic mass is 10.0. The fraction of sp³-hybridized carbons (Fsp3) is 0.627. The number of nitrogens with zero attached hydrogens (tertiary/aromatic N) is 5. The molecule has 0 bridgehead atoms. The number of guanidine groups is 1. The smallest absolute Gasteiger partial charge is 0.317 e. The second kappa shape index (κ2) is 36.2. The van der Waals surface area contributed by atoms with Crippen molar-refractivity contribution in [3.63, 3.8) is 0 Å². The lowest BCUT2D eigenvalue weighted by molar-refractivity contribution is -0.140. The van der Waals surface area contributed by atoms with Crippen LogP contribution >= 0.6 is 11.8 Å². The monoisotopic (exact) mass is 1210 g/mol. The Hall–Kier alpha value is -7.56. The number of carboxylic acids is 4. The van der Waals surface area contributed by atoms with Crippen LogP contribution in [0.4, 0.5) is 0 Å². The largest absolute Gasteiger partial charge is 0.481 e. The normalized spacial score (nSPS) is 22.6. The maximum atomic E-state index is 14.1. The van der Waals surface area contributed by atoms with E-state index in [1.807, 2.05) is 0 Å². The van der Waals surface area contributed by atoms with Crippen LogP contribution in [0.2, 0.25) is 0 Å². The summed E-state index contributed by atoms with van der Waals surface area (Å²) in [5.74, 6) is -10.5. The number of carbonyl (C=O) groups excluding carboxylic acids is 8. The van der Waals surface area contributed by atoms with Crippen LogP contribution in [0.25, 0.3) is 0 Å². The molecule has 1 aromatic rings. The van der Waals surface area contributed by atoms with E-state index in [4.69, 9.17) is 11.1 Å². The average Bonchev–Trinajstić information content (AvgIpc) is 3.97. The number of benzene rings is 1. The summed E-state index contributed by atoms with van der Waals surface area (Å²) in [6.45, 7) is -0.289. The van der Waals surface area contributed by atoms with Gasteiger partial charge in [-0.05, 0) is 44.1 Å². The summed E-state index contributed by atoms with van der Waals surface area (Å²) >= 11 is 0.948. The average molecular weight is 1210 g/mol. The molecule has 3 fully saturated rings. The van der Waals surface area contributed by atoms with Gasteiger partial charge in [0.15, 0.2) is 5.96 Å². The minimum Gasteiger partial charge on any atom is -0.481 e. The number of rotatable bonds is 27. The Morgan fingerprint density at radius 2 is 1.13 bits per heavy atom. The van der Waals surface area contributed by atoms with Gasteiger partial charge in [-0.3, -0.25) is 92.8 Å². The number of carboxylic acid groups (broad SMARTS) is 4. The summed E-state index contributed by atoms with van der Waals surface area (Å²) in [5.41, 5.74) is 6.01. The van der Waals surface area contributed by atoms with Crippen molar-refractivity contribution in [3.8, 4) is 0 Å². The van der Waals surface area contributed by atoms with Crippen molar-refractivity contribution < 1.29 is 83.1 Å². The number of aliphatic hydroxyl groups excluding tert-OH is 1. The second-order valence-electron chi connectivity index (χ2n) is 20.3. The van der Waals surface area contributed by atoms with Gasteiger partial charge in [0, 0.05) is 85.0 Å². The van der Waals surface area contributed by atoms with Gasteiger partial charge in [-0.25, -0.2) is 0 Å². The van der Waals surface area contributed by atoms with Crippen LogP contribution in [-0.4, -0.2) is 280 Å². The number of hydrogen-bond acceptors (Lipinski definition) is 20. The molecule has 84 heavy (non-hydrogen) atoms. The number of amides is 8. The maximum absolute atomic E-state index is 14.1. The maximum Gasteiger partial charge on any atom is 0.317 e. The number of thioether (sulfide) groups is 1. The number of nitrogens with one attached hydrogen (secondary N) is 9. The molecule has 3 saturated heterocycles. The van der Waals surface area contributed by atoms with Gasteiger partial charge in [0.25, 0.3) is 0 Å². The van der Waals surface area contributed by atoms with Crippen LogP contribution in [0.1, 0.15) is 50.5 Å². The van der Waals surface area contributed by atoms with Crippen LogP contribution in [0.15, 0.2) is 30.3 Å². The Balaban J connectivity index is 1.32. The first-order chi connectivity index (χ1) is 39.9. The van der Waals surface area contributed by atoms with Gasteiger partial charge in [-0.1, -0.05) is 30.3 Å². The fourth-order valence-corrected chi connectivity index (χ4v) is 10.3. The van der Waals surface area contributed by atoms with Crippen molar-refractivity contribution in [3.05, 3.63) is 35.9 Å². The number of aliphatic carboxylic acids is 4. The van der Waals surface area contributed by atoms with Crippen molar-refractivity contribution in [1.29, 1.82) is 5.41 Å².